The molecule has 0 aromatic carbocycles. The molecule has 0 fully saturated rings. The molecule has 0 bridgehead atoms. The van der Waals surface area contributed by atoms with Gasteiger partial charge in [0.2, 0.25) is 0 Å². The van der Waals surface area contributed by atoms with Gasteiger partial charge in [-0.1, -0.05) is 32.3 Å². The molecule has 1 unspecified atom stereocenters. The van der Waals surface area contributed by atoms with Crippen LogP contribution in [0.2, 0.25) is 0 Å². The number of azo groups is 1. The number of allylic oxidation sites excluding steroid dienone is 1. The number of nitrogens with zero attached hydrogens (tertiary/aromatic N) is 2. The fraction of sp³-hybridized carbons (Fsp3) is 0.636. The van der Waals surface area contributed by atoms with Crippen molar-refractivity contribution in [2.75, 3.05) is 0 Å². The molecule has 2 nitrogen and oxygen atoms in total. The zero-order valence-corrected chi connectivity index (χ0v) is 8.91. The fourth-order valence-electron chi connectivity index (χ4n) is 0.587. The van der Waals surface area contributed by atoms with Crippen LogP contribution in [0.25, 0.3) is 0 Å². The van der Waals surface area contributed by atoms with Gasteiger partial charge in [-0.3, -0.25) is 0 Å². The van der Waals surface area contributed by atoms with Gasteiger partial charge in [0.1, 0.15) is 6.04 Å². The maximum absolute atomic E-state index is 5.24. The number of terminal acetylenes is 1. The molecule has 0 aliphatic heterocycles. The molecule has 0 aliphatic carbocycles. The number of hydrogen-bond donors (Lipinski definition) is 0. The van der Waals surface area contributed by atoms with Crippen LogP contribution in [-0.4, -0.2) is 6.04 Å². The summed E-state index contributed by atoms with van der Waals surface area (Å²) in [5.74, 6) is 3.08. The van der Waals surface area contributed by atoms with E-state index in [0.29, 0.717) is 5.92 Å². The minimum absolute atomic E-state index is 0.0730. The summed E-state index contributed by atoms with van der Waals surface area (Å²) in [4.78, 5) is 0. The van der Waals surface area contributed by atoms with Crippen molar-refractivity contribution in [2.24, 2.45) is 16.1 Å². The molecule has 0 aromatic rings. The van der Waals surface area contributed by atoms with Gasteiger partial charge in [0.15, 0.2) is 0 Å². The van der Waals surface area contributed by atoms with Crippen LogP contribution in [0.4, 0.5) is 0 Å². The maximum atomic E-state index is 5.24. The minimum atomic E-state index is -0.0730. The lowest BCUT2D eigenvalue weighted by Gasteiger charge is -2.01. The molecule has 2 heteroatoms. The van der Waals surface area contributed by atoms with Gasteiger partial charge in [0.25, 0.3) is 0 Å². The highest BCUT2D eigenvalue weighted by Gasteiger charge is 1.96. The van der Waals surface area contributed by atoms with E-state index in [1.807, 2.05) is 13.8 Å². The molecule has 72 valence electrons. The Kier molecular flexibility index (Phi) is 5.88. The zero-order chi connectivity index (χ0) is 10.3. The first-order valence-electron chi connectivity index (χ1n) is 4.64. The van der Waals surface area contributed by atoms with Gasteiger partial charge in [-0.15, -0.1) is 6.42 Å². The second-order valence-corrected chi connectivity index (χ2v) is 3.35. The van der Waals surface area contributed by atoms with Gasteiger partial charge in [-0.25, -0.2) is 0 Å². The Morgan fingerprint density at radius 3 is 2.54 bits per heavy atom. The summed E-state index contributed by atoms with van der Waals surface area (Å²) in [5.41, 5.74) is 1.22. The van der Waals surface area contributed by atoms with Crippen LogP contribution in [-0.2, 0) is 0 Å². The summed E-state index contributed by atoms with van der Waals surface area (Å²) in [6.07, 6.45) is 7.86. The van der Waals surface area contributed by atoms with E-state index >= 15 is 0 Å². The molecule has 0 aliphatic rings. The van der Waals surface area contributed by atoms with E-state index in [1.54, 1.807) is 6.20 Å². The molecule has 0 amide bonds. The molecule has 0 heterocycles. The minimum Gasteiger partial charge on any atom is -0.173 e. The lowest BCUT2D eigenvalue weighted by atomic mass is 10.1. The van der Waals surface area contributed by atoms with Gasteiger partial charge in [0.05, 0.1) is 0 Å². The lowest BCUT2D eigenvalue weighted by Crippen LogP contribution is -1.95. The number of rotatable bonds is 4. The Hall–Kier alpha value is -1.10. The van der Waals surface area contributed by atoms with Crippen molar-refractivity contribution in [1.29, 1.82) is 0 Å². The SMILES string of the molecule is C#CC(CC)/N=N\C=C(/C)C(C)C. The largest absolute Gasteiger partial charge is 0.173 e. The summed E-state index contributed by atoms with van der Waals surface area (Å²) in [6, 6.07) is -0.0730. The van der Waals surface area contributed by atoms with Gasteiger partial charge >= 0.3 is 0 Å². The average molecular weight is 178 g/mol. The van der Waals surface area contributed by atoms with Crippen molar-refractivity contribution < 1.29 is 0 Å². The Labute approximate surface area is 81.1 Å². The molecule has 0 rings (SSSR count). The van der Waals surface area contributed by atoms with Crippen LogP contribution in [0, 0.1) is 18.3 Å². The summed E-state index contributed by atoms with van der Waals surface area (Å²) < 4.78 is 0. The molecule has 1 atom stereocenters. The predicted molar refractivity (Wildman–Crippen MR) is 56.4 cm³/mol. The summed E-state index contributed by atoms with van der Waals surface area (Å²) in [7, 11) is 0. The van der Waals surface area contributed by atoms with Gasteiger partial charge in [-0.05, 0) is 19.3 Å². The van der Waals surface area contributed by atoms with Crippen LogP contribution in [0.15, 0.2) is 22.0 Å². The van der Waals surface area contributed by atoms with E-state index in [1.165, 1.54) is 5.57 Å². The molecule has 0 aromatic heterocycles. The molecular formula is C11H18N2. The first kappa shape index (κ1) is 11.9. The standard InChI is InChI=1S/C11H18N2/c1-6-11(7-2)13-12-8-10(5)9(3)4/h1,8-9,11H,7H2,2-5H3/b10-8+,13-12-. The van der Waals surface area contributed by atoms with Crippen molar-refractivity contribution in [1.82, 2.24) is 0 Å². The van der Waals surface area contributed by atoms with Crippen molar-refractivity contribution in [3.05, 3.63) is 11.8 Å². The van der Waals surface area contributed by atoms with Crippen LogP contribution in [0.5, 0.6) is 0 Å². The van der Waals surface area contributed by atoms with Crippen molar-refractivity contribution in [2.45, 2.75) is 40.2 Å². The van der Waals surface area contributed by atoms with Crippen LogP contribution < -0.4 is 0 Å². The van der Waals surface area contributed by atoms with Crippen molar-refractivity contribution in [3.63, 3.8) is 0 Å². The predicted octanol–water partition coefficient (Wildman–Crippen LogP) is 3.41. The maximum Gasteiger partial charge on any atom is 0.131 e. The first-order valence-corrected chi connectivity index (χ1v) is 4.64. The van der Waals surface area contributed by atoms with Crippen molar-refractivity contribution >= 4 is 0 Å². The average Bonchev–Trinajstić information content (AvgIpc) is 2.12. The summed E-state index contributed by atoms with van der Waals surface area (Å²) in [5, 5.41) is 7.95. The van der Waals surface area contributed by atoms with Gasteiger partial charge in [-0.2, -0.15) is 10.2 Å². The second-order valence-electron chi connectivity index (χ2n) is 3.35. The molecule has 13 heavy (non-hydrogen) atoms. The Morgan fingerprint density at radius 1 is 1.54 bits per heavy atom. The molecule has 0 spiro atoms. The highest BCUT2D eigenvalue weighted by Crippen LogP contribution is 2.08. The summed E-state index contributed by atoms with van der Waals surface area (Å²) in [6.45, 7) is 8.29. The Morgan fingerprint density at radius 2 is 2.15 bits per heavy atom. The van der Waals surface area contributed by atoms with E-state index in [9.17, 15) is 0 Å². The van der Waals surface area contributed by atoms with E-state index in [4.69, 9.17) is 6.42 Å². The highest BCUT2D eigenvalue weighted by molar-refractivity contribution is 5.01. The Bertz CT molecular complexity index is 231. The van der Waals surface area contributed by atoms with E-state index < -0.39 is 0 Å². The van der Waals surface area contributed by atoms with Gasteiger partial charge < -0.3 is 0 Å². The lowest BCUT2D eigenvalue weighted by molar-refractivity contribution is 0.741. The van der Waals surface area contributed by atoms with Crippen LogP contribution in [0.1, 0.15) is 34.1 Å². The monoisotopic (exact) mass is 178 g/mol. The highest BCUT2D eigenvalue weighted by atomic mass is 15.1. The topological polar surface area (TPSA) is 24.7 Å². The molecule has 0 N–H and O–H groups in total. The zero-order valence-electron chi connectivity index (χ0n) is 8.91. The molecule has 0 radical (unpaired) electrons. The van der Waals surface area contributed by atoms with E-state index in [2.05, 4.69) is 30.0 Å². The molecule has 0 saturated heterocycles. The van der Waals surface area contributed by atoms with Crippen LogP contribution >= 0.6 is 0 Å². The third kappa shape index (κ3) is 5.19. The molecule has 0 saturated carbocycles. The third-order valence-electron chi connectivity index (χ3n) is 1.96. The Balaban J connectivity index is 4.14. The second kappa shape index (κ2) is 6.42. The van der Waals surface area contributed by atoms with Crippen molar-refractivity contribution in [3.8, 4) is 12.3 Å². The first-order chi connectivity index (χ1) is 6.11. The summed E-state index contributed by atoms with van der Waals surface area (Å²) >= 11 is 0. The fourth-order valence-corrected chi connectivity index (χ4v) is 0.587. The van der Waals surface area contributed by atoms with E-state index in [-0.39, 0.29) is 6.04 Å². The number of hydrogen-bond acceptors (Lipinski definition) is 2. The van der Waals surface area contributed by atoms with E-state index in [0.717, 1.165) is 6.42 Å². The molecular weight excluding hydrogens is 160 g/mol. The van der Waals surface area contributed by atoms with Gasteiger partial charge in [0, 0.05) is 6.20 Å². The smallest absolute Gasteiger partial charge is 0.131 e. The third-order valence-corrected chi connectivity index (χ3v) is 1.96. The normalized spacial score (nSPS) is 14.9. The quantitative estimate of drug-likeness (QED) is 0.465. The van der Waals surface area contributed by atoms with Crippen LogP contribution in [0.3, 0.4) is 0 Å².